The fourth-order valence-corrected chi connectivity index (χ4v) is 1.68. The van der Waals surface area contributed by atoms with Crippen LogP contribution in [0.5, 0.6) is 0 Å². The predicted molar refractivity (Wildman–Crippen MR) is 62.0 cm³/mol. The van der Waals surface area contributed by atoms with E-state index in [4.69, 9.17) is 5.11 Å². The predicted octanol–water partition coefficient (Wildman–Crippen LogP) is 1.04. The molecule has 1 aromatic heterocycles. The van der Waals surface area contributed by atoms with Gasteiger partial charge >= 0.3 is 5.97 Å². The first kappa shape index (κ1) is 13.6. The van der Waals surface area contributed by atoms with Crippen molar-refractivity contribution in [3.8, 4) is 0 Å². The van der Waals surface area contributed by atoms with Crippen molar-refractivity contribution >= 4 is 5.97 Å². The number of aromatic carboxylic acids is 1. The lowest BCUT2D eigenvalue weighted by Gasteiger charge is -2.24. The third-order valence-corrected chi connectivity index (χ3v) is 2.18. The van der Waals surface area contributed by atoms with Gasteiger partial charge in [0.15, 0.2) is 5.69 Å². The molecule has 0 saturated carbocycles. The SMILES string of the molecule is CC(C)(O)Cn1nnc(C(=O)O)c1C(C)(C)C. The first-order chi connectivity index (χ1) is 7.52. The molecule has 0 aliphatic rings. The molecular formula is C11H19N3O3. The van der Waals surface area contributed by atoms with Crippen molar-refractivity contribution in [2.24, 2.45) is 0 Å². The van der Waals surface area contributed by atoms with Gasteiger partial charge in [-0.1, -0.05) is 26.0 Å². The summed E-state index contributed by atoms with van der Waals surface area (Å²) < 4.78 is 1.46. The molecular weight excluding hydrogens is 222 g/mol. The highest BCUT2D eigenvalue weighted by atomic mass is 16.4. The van der Waals surface area contributed by atoms with Gasteiger partial charge in [0, 0.05) is 5.41 Å². The Morgan fingerprint density at radius 1 is 1.29 bits per heavy atom. The summed E-state index contributed by atoms with van der Waals surface area (Å²) in [6, 6.07) is 0. The molecule has 2 N–H and O–H groups in total. The van der Waals surface area contributed by atoms with Gasteiger partial charge in [0.05, 0.1) is 17.8 Å². The number of hydrogen-bond donors (Lipinski definition) is 2. The number of nitrogens with zero attached hydrogens (tertiary/aromatic N) is 3. The van der Waals surface area contributed by atoms with Gasteiger partial charge in [0.25, 0.3) is 0 Å². The first-order valence-corrected chi connectivity index (χ1v) is 5.42. The number of aromatic nitrogens is 3. The number of aliphatic hydroxyl groups is 1. The van der Waals surface area contributed by atoms with Crippen LogP contribution in [-0.4, -0.2) is 36.8 Å². The Morgan fingerprint density at radius 3 is 2.18 bits per heavy atom. The number of carboxylic acids is 1. The van der Waals surface area contributed by atoms with Crippen LogP contribution >= 0.6 is 0 Å². The second-order valence-corrected chi connectivity index (χ2v) is 5.81. The van der Waals surface area contributed by atoms with E-state index in [2.05, 4.69) is 10.3 Å². The highest BCUT2D eigenvalue weighted by Gasteiger charge is 2.30. The van der Waals surface area contributed by atoms with Gasteiger partial charge in [0.1, 0.15) is 0 Å². The average molecular weight is 241 g/mol. The monoisotopic (exact) mass is 241 g/mol. The topological polar surface area (TPSA) is 88.2 Å². The molecule has 1 heterocycles. The molecule has 0 amide bonds. The molecule has 17 heavy (non-hydrogen) atoms. The number of carboxylic acid groups (broad SMARTS) is 1. The maximum atomic E-state index is 11.1. The van der Waals surface area contributed by atoms with Crippen LogP contribution in [0.4, 0.5) is 0 Å². The quantitative estimate of drug-likeness (QED) is 0.825. The summed E-state index contributed by atoms with van der Waals surface area (Å²) in [5.74, 6) is -1.10. The normalized spacial score (nSPS) is 12.8. The molecule has 0 aliphatic heterocycles. The maximum Gasteiger partial charge on any atom is 0.358 e. The Morgan fingerprint density at radius 2 is 1.82 bits per heavy atom. The standard InChI is InChI=1S/C11H19N3O3/c1-10(2,3)8-7(9(15)16)12-13-14(8)6-11(4,5)17/h17H,6H2,1-5H3,(H,15,16). The number of carbonyl (C=O) groups is 1. The molecule has 96 valence electrons. The molecule has 1 rings (SSSR count). The third-order valence-electron chi connectivity index (χ3n) is 2.18. The zero-order chi connectivity index (χ0) is 13.4. The smallest absolute Gasteiger partial charge is 0.358 e. The van der Waals surface area contributed by atoms with E-state index in [1.54, 1.807) is 13.8 Å². The van der Waals surface area contributed by atoms with Crippen molar-refractivity contribution in [2.45, 2.75) is 52.2 Å². The van der Waals surface area contributed by atoms with Gasteiger partial charge in [0.2, 0.25) is 0 Å². The Balaban J connectivity index is 3.29. The van der Waals surface area contributed by atoms with Crippen molar-refractivity contribution in [3.63, 3.8) is 0 Å². The Bertz CT molecular complexity index is 424. The van der Waals surface area contributed by atoms with Gasteiger partial charge in [-0.05, 0) is 13.8 Å². The summed E-state index contributed by atoms with van der Waals surface area (Å²) in [5.41, 5.74) is -0.903. The number of hydrogen-bond acceptors (Lipinski definition) is 4. The maximum absolute atomic E-state index is 11.1. The van der Waals surface area contributed by atoms with Crippen molar-refractivity contribution in [3.05, 3.63) is 11.4 Å². The van der Waals surface area contributed by atoms with Crippen LogP contribution in [0, 0.1) is 0 Å². The van der Waals surface area contributed by atoms with Crippen LogP contribution in [0.15, 0.2) is 0 Å². The Labute approximate surface area is 100 Å². The van der Waals surface area contributed by atoms with Crippen LogP contribution in [-0.2, 0) is 12.0 Å². The van der Waals surface area contributed by atoms with Crippen molar-refractivity contribution in [2.75, 3.05) is 0 Å². The Hall–Kier alpha value is -1.43. The Kier molecular flexibility index (Phi) is 3.29. The highest BCUT2D eigenvalue weighted by Crippen LogP contribution is 2.25. The van der Waals surface area contributed by atoms with Gasteiger partial charge in [-0.15, -0.1) is 5.10 Å². The molecule has 0 spiro atoms. The fraction of sp³-hybridized carbons (Fsp3) is 0.727. The van der Waals surface area contributed by atoms with E-state index in [0.29, 0.717) is 5.69 Å². The van der Waals surface area contributed by atoms with Gasteiger partial charge in [-0.3, -0.25) is 0 Å². The molecule has 0 saturated heterocycles. The van der Waals surface area contributed by atoms with E-state index in [9.17, 15) is 9.90 Å². The van der Waals surface area contributed by atoms with E-state index in [-0.39, 0.29) is 12.2 Å². The number of rotatable bonds is 3. The van der Waals surface area contributed by atoms with Crippen molar-refractivity contribution in [1.82, 2.24) is 15.0 Å². The van der Waals surface area contributed by atoms with E-state index in [1.165, 1.54) is 4.68 Å². The molecule has 0 atom stereocenters. The second kappa shape index (κ2) is 4.10. The zero-order valence-corrected chi connectivity index (χ0v) is 10.9. The highest BCUT2D eigenvalue weighted by molar-refractivity contribution is 5.86. The summed E-state index contributed by atoms with van der Waals surface area (Å²) in [5, 5.41) is 26.3. The van der Waals surface area contributed by atoms with Crippen LogP contribution in [0.1, 0.15) is 50.8 Å². The largest absolute Gasteiger partial charge is 0.476 e. The van der Waals surface area contributed by atoms with Gasteiger partial charge in [-0.2, -0.15) is 0 Å². The fourth-order valence-electron chi connectivity index (χ4n) is 1.68. The minimum Gasteiger partial charge on any atom is -0.476 e. The lowest BCUT2D eigenvalue weighted by Crippen LogP contribution is -2.31. The first-order valence-electron chi connectivity index (χ1n) is 5.42. The summed E-state index contributed by atoms with van der Waals surface area (Å²) in [7, 11) is 0. The third kappa shape index (κ3) is 3.26. The molecule has 6 heteroatoms. The molecule has 0 radical (unpaired) electrons. The minimum absolute atomic E-state index is 0.0539. The summed E-state index contributed by atoms with van der Waals surface area (Å²) in [6.45, 7) is 9.15. The molecule has 0 unspecified atom stereocenters. The molecule has 0 aliphatic carbocycles. The molecule has 0 aromatic carbocycles. The molecule has 1 aromatic rings. The molecule has 0 fully saturated rings. The van der Waals surface area contributed by atoms with Crippen LogP contribution in [0.2, 0.25) is 0 Å². The molecule has 6 nitrogen and oxygen atoms in total. The van der Waals surface area contributed by atoms with E-state index in [0.717, 1.165) is 0 Å². The zero-order valence-electron chi connectivity index (χ0n) is 10.9. The average Bonchev–Trinajstić information content (AvgIpc) is 2.43. The van der Waals surface area contributed by atoms with Gasteiger partial charge < -0.3 is 10.2 Å². The van der Waals surface area contributed by atoms with Crippen LogP contribution in [0.25, 0.3) is 0 Å². The summed E-state index contributed by atoms with van der Waals surface area (Å²) in [6.07, 6.45) is 0. The van der Waals surface area contributed by atoms with E-state index < -0.39 is 17.0 Å². The second-order valence-electron chi connectivity index (χ2n) is 5.81. The minimum atomic E-state index is -1.10. The summed E-state index contributed by atoms with van der Waals surface area (Å²) >= 11 is 0. The van der Waals surface area contributed by atoms with Crippen molar-refractivity contribution < 1.29 is 15.0 Å². The lowest BCUT2D eigenvalue weighted by molar-refractivity contribution is 0.0549. The van der Waals surface area contributed by atoms with Crippen LogP contribution < -0.4 is 0 Å². The summed E-state index contributed by atoms with van der Waals surface area (Å²) in [4.78, 5) is 11.1. The van der Waals surface area contributed by atoms with E-state index >= 15 is 0 Å². The lowest BCUT2D eigenvalue weighted by atomic mass is 9.90. The molecule has 0 bridgehead atoms. The van der Waals surface area contributed by atoms with Crippen molar-refractivity contribution in [1.29, 1.82) is 0 Å². The van der Waals surface area contributed by atoms with E-state index in [1.807, 2.05) is 20.8 Å². The van der Waals surface area contributed by atoms with Gasteiger partial charge in [-0.25, -0.2) is 9.48 Å². The van der Waals surface area contributed by atoms with Crippen LogP contribution in [0.3, 0.4) is 0 Å².